The third-order valence-electron chi connectivity index (χ3n) is 2.61. The number of benzene rings is 1. The van der Waals surface area contributed by atoms with Crippen molar-refractivity contribution in [1.29, 1.82) is 0 Å². The first-order chi connectivity index (χ1) is 8.10. The zero-order valence-electron chi connectivity index (χ0n) is 10.4. The fraction of sp³-hybridized carbons (Fsp3) is 0.462. The van der Waals surface area contributed by atoms with Crippen LogP contribution in [0.3, 0.4) is 0 Å². The summed E-state index contributed by atoms with van der Waals surface area (Å²) >= 11 is 0. The quantitative estimate of drug-likeness (QED) is 0.875. The Bertz CT molecular complexity index is 443. The van der Waals surface area contributed by atoms with E-state index < -0.39 is 0 Å². The van der Waals surface area contributed by atoms with Gasteiger partial charge in [-0.1, -0.05) is 0 Å². The van der Waals surface area contributed by atoms with Crippen LogP contribution in [0.1, 0.15) is 26.3 Å². The Morgan fingerprint density at radius 1 is 1.59 bits per heavy atom. The van der Waals surface area contributed by atoms with E-state index in [4.69, 9.17) is 9.47 Å². The van der Waals surface area contributed by atoms with Gasteiger partial charge < -0.3 is 14.8 Å². The first-order valence-corrected chi connectivity index (χ1v) is 5.84. The maximum Gasteiger partial charge on any atom is 0.221 e. The number of nitrogens with one attached hydrogen (secondary N) is 1. The number of fused-ring (bicyclic) bond motifs is 1. The molecule has 0 spiro atoms. The van der Waals surface area contributed by atoms with Gasteiger partial charge in [0.05, 0.1) is 12.3 Å². The van der Waals surface area contributed by atoms with E-state index in [-0.39, 0.29) is 12.0 Å². The number of anilines is 1. The van der Waals surface area contributed by atoms with Gasteiger partial charge in [-0.05, 0) is 19.9 Å². The Balaban J connectivity index is 2.36. The predicted octanol–water partition coefficient (Wildman–Crippen LogP) is 2.37. The molecule has 0 fully saturated rings. The summed E-state index contributed by atoms with van der Waals surface area (Å²) in [4.78, 5) is 11.1. The molecule has 17 heavy (non-hydrogen) atoms. The van der Waals surface area contributed by atoms with Crippen molar-refractivity contribution in [3.8, 4) is 11.5 Å². The molecule has 1 atom stereocenters. The zero-order chi connectivity index (χ0) is 12.4. The number of carbonyl (C=O) groups is 1. The molecule has 1 aliphatic rings. The van der Waals surface area contributed by atoms with Crippen LogP contribution in [0, 0.1) is 0 Å². The van der Waals surface area contributed by atoms with Crippen LogP contribution >= 0.6 is 0 Å². The van der Waals surface area contributed by atoms with E-state index in [0.717, 1.165) is 17.7 Å². The molecule has 2 rings (SSSR count). The molecule has 0 saturated carbocycles. The lowest BCUT2D eigenvalue weighted by molar-refractivity contribution is -0.114. The van der Waals surface area contributed by atoms with E-state index >= 15 is 0 Å². The van der Waals surface area contributed by atoms with Crippen LogP contribution in [0.5, 0.6) is 11.5 Å². The fourth-order valence-corrected chi connectivity index (χ4v) is 2.00. The first-order valence-electron chi connectivity index (χ1n) is 5.84. The van der Waals surface area contributed by atoms with Crippen molar-refractivity contribution in [2.45, 2.75) is 33.3 Å². The third-order valence-corrected chi connectivity index (χ3v) is 2.61. The van der Waals surface area contributed by atoms with Gasteiger partial charge in [-0.15, -0.1) is 0 Å². The maximum atomic E-state index is 11.1. The van der Waals surface area contributed by atoms with Crippen LogP contribution in [-0.4, -0.2) is 18.6 Å². The molecule has 92 valence electrons. The van der Waals surface area contributed by atoms with E-state index in [9.17, 15) is 4.79 Å². The van der Waals surface area contributed by atoms with E-state index in [2.05, 4.69) is 5.32 Å². The molecule has 0 bridgehead atoms. The Morgan fingerprint density at radius 3 is 3.00 bits per heavy atom. The van der Waals surface area contributed by atoms with Gasteiger partial charge in [0.15, 0.2) is 0 Å². The molecular weight excluding hydrogens is 218 g/mol. The SMILES string of the molecule is CCOc1cc2c(cc1NC(C)=O)OC(C)C2. The van der Waals surface area contributed by atoms with Crippen LogP contribution in [0.4, 0.5) is 5.69 Å². The van der Waals surface area contributed by atoms with Crippen LogP contribution in [0.15, 0.2) is 12.1 Å². The number of carbonyl (C=O) groups excluding carboxylic acids is 1. The van der Waals surface area contributed by atoms with E-state index in [1.165, 1.54) is 6.92 Å². The van der Waals surface area contributed by atoms with Gasteiger partial charge in [-0.3, -0.25) is 4.79 Å². The van der Waals surface area contributed by atoms with Crippen LogP contribution in [0.2, 0.25) is 0 Å². The first kappa shape index (κ1) is 11.8. The molecule has 1 aromatic carbocycles. The minimum atomic E-state index is -0.114. The number of amides is 1. The minimum absolute atomic E-state index is 0.114. The normalized spacial score (nSPS) is 17.2. The highest BCUT2D eigenvalue weighted by molar-refractivity contribution is 5.91. The smallest absolute Gasteiger partial charge is 0.221 e. The Labute approximate surface area is 101 Å². The molecule has 0 aromatic heterocycles. The summed E-state index contributed by atoms with van der Waals surface area (Å²) in [5.41, 5.74) is 1.81. The summed E-state index contributed by atoms with van der Waals surface area (Å²) < 4.78 is 11.2. The number of ether oxygens (including phenoxy) is 2. The topological polar surface area (TPSA) is 47.6 Å². The maximum absolute atomic E-state index is 11.1. The molecule has 0 saturated heterocycles. The summed E-state index contributed by atoms with van der Waals surface area (Å²) in [5, 5.41) is 2.76. The van der Waals surface area contributed by atoms with Crippen LogP contribution in [-0.2, 0) is 11.2 Å². The lowest BCUT2D eigenvalue weighted by Gasteiger charge is -2.12. The lowest BCUT2D eigenvalue weighted by Crippen LogP contribution is -2.08. The van der Waals surface area contributed by atoms with Gasteiger partial charge in [0.25, 0.3) is 0 Å². The molecule has 0 radical (unpaired) electrons. The van der Waals surface area contributed by atoms with Gasteiger partial charge in [0.2, 0.25) is 5.91 Å². The standard InChI is InChI=1S/C13H17NO3/c1-4-16-13-6-10-5-8(2)17-12(10)7-11(13)14-9(3)15/h6-8H,4-5H2,1-3H3,(H,14,15). The van der Waals surface area contributed by atoms with E-state index in [1.807, 2.05) is 26.0 Å². The van der Waals surface area contributed by atoms with Crippen molar-refractivity contribution in [2.24, 2.45) is 0 Å². The number of rotatable bonds is 3. The molecule has 1 aromatic rings. The lowest BCUT2D eigenvalue weighted by atomic mass is 10.1. The molecule has 4 heteroatoms. The highest BCUT2D eigenvalue weighted by atomic mass is 16.5. The van der Waals surface area contributed by atoms with Crippen molar-refractivity contribution in [2.75, 3.05) is 11.9 Å². The summed E-state index contributed by atoms with van der Waals surface area (Å²) in [6.07, 6.45) is 1.07. The van der Waals surface area contributed by atoms with Crippen molar-refractivity contribution in [3.63, 3.8) is 0 Å². The Hall–Kier alpha value is -1.71. The highest BCUT2D eigenvalue weighted by Gasteiger charge is 2.22. The predicted molar refractivity (Wildman–Crippen MR) is 65.7 cm³/mol. The summed E-state index contributed by atoms with van der Waals surface area (Å²) in [6.45, 7) is 6.00. The monoisotopic (exact) mass is 235 g/mol. The average molecular weight is 235 g/mol. The van der Waals surface area contributed by atoms with Crippen molar-refractivity contribution in [3.05, 3.63) is 17.7 Å². The molecular formula is C13H17NO3. The van der Waals surface area contributed by atoms with Crippen molar-refractivity contribution >= 4 is 11.6 Å². The van der Waals surface area contributed by atoms with Gasteiger partial charge >= 0.3 is 0 Å². The Kier molecular flexibility index (Phi) is 3.22. The summed E-state index contributed by atoms with van der Waals surface area (Å²) in [5.74, 6) is 1.43. The molecule has 1 heterocycles. The second-order valence-corrected chi connectivity index (χ2v) is 4.20. The molecule has 1 unspecified atom stereocenters. The number of hydrogen-bond donors (Lipinski definition) is 1. The molecule has 1 amide bonds. The molecule has 1 aliphatic heterocycles. The molecule has 1 N–H and O–H groups in total. The minimum Gasteiger partial charge on any atom is -0.492 e. The van der Waals surface area contributed by atoms with E-state index in [0.29, 0.717) is 18.0 Å². The second-order valence-electron chi connectivity index (χ2n) is 4.20. The zero-order valence-corrected chi connectivity index (χ0v) is 10.4. The van der Waals surface area contributed by atoms with Gasteiger partial charge in [0.1, 0.15) is 17.6 Å². The highest BCUT2D eigenvalue weighted by Crippen LogP contribution is 2.37. The fourth-order valence-electron chi connectivity index (χ4n) is 2.00. The summed E-state index contributed by atoms with van der Waals surface area (Å²) in [6, 6.07) is 3.79. The van der Waals surface area contributed by atoms with Crippen molar-refractivity contribution < 1.29 is 14.3 Å². The van der Waals surface area contributed by atoms with Crippen molar-refractivity contribution in [1.82, 2.24) is 0 Å². The van der Waals surface area contributed by atoms with Gasteiger partial charge in [-0.2, -0.15) is 0 Å². The summed E-state index contributed by atoms with van der Waals surface area (Å²) in [7, 11) is 0. The number of hydrogen-bond acceptors (Lipinski definition) is 3. The molecule has 4 nitrogen and oxygen atoms in total. The average Bonchev–Trinajstić information content (AvgIpc) is 2.57. The Morgan fingerprint density at radius 2 is 2.35 bits per heavy atom. The molecule has 0 aliphatic carbocycles. The second kappa shape index (κ2) is 4.65. The van der Waals surface area contributed by atoms with Gasteiger partial charge in [-0.25, -0.2) is 0 Å². The van der Waals surface area contributed by atoms with Crippen LogP contribution in [0.25, 0.3) is 0 Å². The van der Waals surface area contributed by atoms with Crippen LogP contribution < -0.4 is 14.8 Å². The largest absolute Gasteiger partial charge is 0.492 e. The third kappa shape index (κ3) is 2.52. The van der Waals surface area contributed by atoms with Gasteiger partial charge in [0, 0.05) is 25.0 Å². The van der Waals surface area contributed by atoms with E-state index in [1.54, 1.807) is 0 Å².